The van der Waals surface area contributed by atoms with Crippen molar-refractivity contribution in [2.75, 3.05) is 6.54 Å². The van der Waals surface area contributed by atoms with E-state index < -0.39 is 0 Å². The summed E-state index contributed by atoms with van der Waals surface area (Å²) < 4.78 is 5.87. The minimum Gasteiger partial charge on any atom is -0.488 e. The van der Waals surface area contributed by atoms with Crippen LogP contribution in [-0.4, -0.2) is 24.7 Å². The first kappa shape index (κ1) is 14.6. The predicted molar refractivity (Wildman–Crippen MR) is 85.9 cm³/mol. The van der Waals surface area contributed by atoms with Crippen LogP contribution in [0.2, 0.25) is 0 Å². The van der Waals surface area contributed by atoms with E-state index in [-0.39, 0.29) is 18.2 Å². The minimum absolute atomic E-state index is 0.0729. The van der Waals surface area contributed by atoms with Gasteiger partial charge in [0.2, 0.25) is 0 Å². The second-order valence-electron chi connectivity index (χ2n) is 5.52. The summed E-state index contributed by atoms with van der Waals surface area (Å²) >= 11 is 0. The average Bonchev–Trinajstić information content (AvgIpc) is 2.96. The molecule has 22 heavy (non-hydrogen) atoms. The number of hydrogen-bond acceptors (Lipinski definition) is 3. The molecule has 2 unspecified atom stereocenters. The molecule has 1 aliphatic rings. The number of carbonyl (C=O) groups excluding carboxylic acids is 1. The second kappa shape index (κ2) is 6.62. The molecule has 3 rings (SSSR count). The number of benzene rings is 2. The van der Waals surface area contributed by atoms with Gasteiger partial charge in [-0.25, -0.2) is 0 Å². The zero-order chi connectivity index (χ0) is 15.4. The molecule has 4 heteroatoms. The Labute approximate surface area is 130 Å². The number of para-hydroxylation sites is 1. The number of hydrogen-bond donors (Lipinski definition) is 2. The molecule has 0 fully saturated rings. The molecule has 1 heterocycles. The van der Waals surface area contributed by atoms with Gasteiger partial charge in [-0.3, -0.25) is 10.1 Å². The minimum atomic E-state index is -0.111. The van der Waals surface area contributed by atoms with E-state index in [9.17, 15) is 4.79 Å². The molecule has 2 atom stereocenters. The molecule has 2 N–H and O–H groups in total. The van der Waals surface area contributed by atoms with Crippen molar-refractivity contribution in [2.45, 2.75) is 25.6 Å². The third-order valence-corrected chi connectivity index (χ3v) is 3.75. The van der Waals surface area contributed by atoms with E-state index in [4.69, 9.17) is 4.74 Å². The highest BCUT2D eigenvalue weighted by molar-refractivity contribution is 5.94. The van der Waals surface area contributed by atoms with Crippen molar-refractivity contribution >= 4 is 5.91 Å². The number of amides is 1. The van der Waals surface area contributed by atoms with E-state index in [1.54, 1.807) is 12.1 Å². The first-order chi connectivity index (χ1) is 10.7. The highest BCUT2D eigenvalue weighted by Crippen LogP contribution is 2.27. The molecule has 0 saturated carbocycles. The first-order valence-electron chi connectivity index (χ1n) is 7.56. The van der Waals surface area contributed by atoms with Crippen molar-refractivity contribution in [2.24, 2.45) is 0 Å². The van der Waals surface area contributed by atoms with Crippen LogP contribution in [0.1, 0.15) is 22.8 Å². The number of carbonyl (C=O) groups is 1. The zero-order valence-corrected chi connectivity index (χ0v) is 12.6. The molecule has 0 spiro atoms. The Hall–Kier alpha value is -2.33. The van der Waals surface area contributed by atoms with Crippen molar-refractivity contribution in [1.82, 2.24) is 10.6 Å². The van der Waals surface area contributed by atoms with E-state index in [2.05, 4.69) is 16.7 Å². The maximum atomic E-state index is 12.0. The summed E-state index contributed by atoms with van der Waals surface area (Å²) in [5.74, 6) is 0.895. The van der Waals surface area contributed by atoms with Gasteiger partial charge in [0.1, 0.15) is 11.9 Å². The van der Waals surface area contributed by atoms with Crippen LogP contribution in [0.4, 0.5) is 0 Å². The van der Waals surface area contributed by atoms with Gasteiger partial charge < -0.3 is 10.1 Å². The van der Waals surface area contributed by atoms with E-state index in [0.29, 0.717) is 12.1 Å². The molecule has 114 valence electrons. The molecule has 0 aromatic heterocycles. The third kappa shape index (κ3) is 3.46. The van der Waals surface area contributed by atoms with E-state index in [0.717, 1.165) is 12.2 Å². The van der Waals surface area contributed by atoms with Crippen LogP contribution in [-0.2, 0) is 6.42 Å². The molecule has 0 radical (unpaired) electrons. The fourth-order valence-electron chi connectivity index (χ4n) is 2.60. The van der Waals surface area contributed by atoms with Crippen LogP contribution in [0.3, 0.4) is 0 Å². The van der Waals surface area contributed by atoms with Gasteiger partial charge in [0.15, 0.2) is 0 Å². The Morgan fingerprint density at radius 2 is 1.91 bits per heavy atom. The Bertz CT molecular complexity index is 618. The summed E-state index contributed by atoms with van der Waals surface area (Å²) in [5.41, 5.74) is 1.91. The largest absolute Gasteiger partial charge is 0.488 e. The molecular weight excluding hydrogens is 276 g/mol. The molecule has 0 saturated heterocycles. The normalized spacial score (nSPS) is 17.4. The summed E-state index contributed by atoms with van der Waals surface area (Å²) in [6.07, 6.45) is 0.913. The van der Waals surface area contributed by atoms with Gasteiger partial charge in [0.25, 0.3) is 5.91 Å². The summed E-state index contributed by atoms with van der Waals surface area (Å²) in [6, 6.07) is 17.3. The van der Waals surface area contributed by atoms with Crippen LogP contribution in [0.15, 0.2) is 54.6 Å². The van der Waals surface area contributed by atoms with Crippen LogP contribution in [0, 0.1) is 0 Å². The van der Waals surface area contributed by atoms with Gasteiger partial charge in [-0.05, 0) is 30.7 Å². The number of fused-ring (bicyclic) bond motifs is 1. The predicted octanol–water partition coefficient (Wildman–Crippen LogP) is 2.36. The van der Waals surface area contributed by atoms with Crippen LogP contribution >= 0.6 is 0 Å². The van der Waals surface area contributed by atoms with Crippen molar-refractivity contribution in [3.63, 3.8) is 0 Å². The molecule has 2 aromatic carbocycles. The quantitative estimate of drug-likeness (QED) is 0.833. The van der Waals surface area contributed by atoms with Gasteiger partial charge in [0, 0.05) is 18.5 Å². The lowest BCUT2D eigenvalue weighted by Gasteiger charge is -2.18. The lowest BCUT2D eigenvalue weighted by molar-refractivity contribution is 0.0929. The van der Waals surface area contributed by atoms with Crippen molar-refractivity contribution in [3.8, 4) is 5.75 Å². The number of nitrogens with one attached hydrogen (secondary N) is 2. The van der Waals surface area contributed by atoms with E-state index in [1.807, 2.05) is 43.3 Å². The fourth-order valence-corrected chi connectivity index (χ4v) is 2.60. The maximum absolute atomic E-state index is 12.0. The zero-order valence-electron chi connectivity index (χ0n) is 12.6. The topological polar surface area (TPSA) is 50.4 Å². The van der Waals surface area contributed by atoms with Crippen molar-refractivity contribution in [1.29, 1.82) is 0 Å². The van der Waals surface area contributed by atoms with Crippen LogP contribution in [0.5, 0.6) is 5.75 Å². The van der Waals surface area contributed by atoms with Gasteiger partial charge in [-0.2, -0.15) is 0 Å². The Kier molecular flexibility index (Phi) is 4.39. The molecule has 4 nitrogen and oxygen atoms in total. The molecular formula is C18H20N2O2. The molecule has 2 aromatic rings. The van der Waals surface area contributed by atoms with Gasteiger partial charge in [-0.15, -0.1) is 0 Å². The molecule has 0 bridgehead atoms. The Balaban J connectivity index is 1.46. The van der Waals surface area contributed by atoms with E-state index in [1.165, 1.54) is 5.56 Å². The highest BCUT2D eigenvalue weighted by Gasteiger charge is 2.22. The van der Waals surface area contributed by atoms with Crippen LogP contribution < -0.4 is 15.4 Å². The average molecular weight is 296 g/mol. The summed E-state index contributed by atoms with van der Waals surface area (Å²) in [7, 11) is 0. The summed E-state index contributed by atoms with van der Waals surface area (Å²) in [6.45, 7) is 2.63. The van der Waals surface area contributed by atoms with Crippen molar-refractivity contribution < 1.29 is 9.53 Å². The number of rotatable bonds is 5. The smallest absolute Gasteiger partial charge is 0.252 e. The molecule has 1 aliphatic heterocycles. The SMILES string of the molecule is CC(NCC1Cc2ccccc2O1)NC(=O)c1ccccc1. The molecule has 0 aliphatic carbocycles. The third-order valence-electron chi connectivity index (χ3n) is 3.75. The van der Waals surface area contributed by atoms with Gasteiger partial charge in [-0.1, -0.05) is 36.4 Å². The maximum Gasteiger partial charge on any atom is 0.252 e. The number of ether oxygens (including phenoxy) is 1. The lowest BCUT2D eigenvalue weighted by atomic mass is 10.1. The van der Waals surface area contributed by atoms with Gasteiger partial charge in [0.05, 0.1) is 6.17 Å². The van der Waals surface area contributed by atoms with E-state index >= 15 is 0 Å². The summed E-state index contributed by atoms with van der Waals surface area (Å²) in [4.78, 5) is 12.0. The standard InChI is InChI=1S/C18H20N2O2/c1-13(20-18(21)14-7-3-2-4-8-14)19-12-16-11-15-9-5-6-10-17(15)22-16/h2-10,13,16,19H,11-12H2,1H3,(H,20,21). The van der Waals surface area contributed by atoms with Gasteiger partial charge >= 0.3 is 0 Å². The lowest BCUT2D eigenvalue weighted by Crippen LogP contribution is -2.46. The summed E-state index contributed by atoms with van der Waals surface area (Å²) in [5, 5.41) is 6.24. The van der Waals surface area contributed by atoms with Crippen LogP contribution in [0.25, 0.3) is 0 Å². The molecule has 1 amide bonds. The second-order valence-corrected chi connectivity index (χ2v) is 5.52. The monoisotopic (exact) mass is 296 g/mol. The van der Waals surface area contributed by atoms with Crippen molar-refractivity contribution in [3.05, 3.63) is 65.7 Å². The highest BCUT2D eigenvalue weighted by atomic mass is 16.5. The Morgan fingerprint density at radius 1 is 1.18 bits per heavy atom. The Morgan fingerprint density at radius 3 is 2.68 bits per heavy atom. The fraction of sp³-hybridized carbons (Fsp3) is 0.278. The first-order valence-corrected chi connectivity index (χ1v) is 7.56.